The minimum absolute atomic E-state index is 0.811. The van der Waals surface area contributed by atoms with E-state index in [1.807, 2.05) is 24.3 Å². The summed E-state index contributed by atoms with van der Waals surface area (Å²) in [7, 11) is 0. The van der Waals surface area contributed by atoms with Crippen molar-refractivity contribution in [3.05, 3.63) is 83.4 Å². The first-order valence-electron chi connectivity index (χ1n) is 7.57. The van der Waals surface area contributed by atoms with Crippen LogP contribution in [0, 0.1) is 11.3 Å². The molecule has 3 aromatic rings. The Hall–Kier alpha value is -2.85. The van der Waals surface area contributed by atoms with Gasteiger partial charge >= 0.3 is 0 Å². The van der Waals surface area contributed by atoms with E-state index in [0.29, 0.717) is 0 Å². The summed E-state index contributed by atoms with van der Waals surface area (Å²) in [6.07, 6.45) is 1.97. The van der Waals surface area contributed by atoms with Crippen LogP contribution in [0.4, 0.5) is 0 Å². The smallest absolute Gasteiger partial charge is 0.0994 e. The topological polar surface area (TPSA) is 23.8 Å². The molecule has 0 fully saturated rings. The highest BCUT2D eigenvalue weighted by atomic mass is 14.3. The molecule has 0 bridgehead atoms. The van der Waals surface area contributed by atoms with E-state index >= 15 is 0 Å². The van der Waals surface area contributed by atoms with Crippen molar-refractivity contribution in [2.75, 3.05) is 0 Å². The number of hydrogen-bond donors (Lipinski definition) is 0. The summed E-state index contributed by atoms with van der Waals surface area (Å²) >= 11 is 0. The van der Waals surface area contributed by atoms with E-state index < -0.39 is 0 Å². The Labute approximate surface area is 130 Å². The fourth-order valence-electron chi connectivity index (χ4n) is 3.34. The number of hydrogen-bond acceptors (Lipinski definition) is 1. The van der Waals surface area contributed by atoms with Gasteiger partial charge in [-0.05, 0) is 58.4 Å². The van der Waals surface area contributed by atoms with Crippen LogP contribution in [-0.2, 0) is 12.8 Å². The van der Waals surface area contributed by atoms with E-state index in [9.17, 15) is 5.26 Å². The molecule has 1 aliphatic carbocycles. The first kappa shape index (κ1) is 12.9. The molecule has 0 N–H and O–H groups in total. The monoisotopic (exact) mass is 281 g/mol. The van der Waals surface area contributed by atoms with Crippen LogP contribution < -0.4 is 0 Å². The molecule has 0 aromatic heterocycles. The van der Waals surface area contributed by atoms with Gasteiger partial charge in [-0.1, -0.05) is 54.6 Å². The molecule has 1 heteroatoms. The zero-order valence-corrected chi connectivity index (χ0v) is 12.2. The third kappa shape index (κ3) is 2.01. The third-order valence-electron chi connectivity index (χ3n) is 4.43. The lowest BCUT2D eigenvalue weighted by Crippen LogP contribution is -2.06. The highest BCUT2D eigenvalue weighted by molar-refractivity contribution is 5.81. The van der Waals surface area contributed by atoms with Crippen molar-refractivity contribution < 1.29 is 0 Å². The number of nitrogens with zero attached hydrogens (tertiary/aromatic N) is 1. The summed E-state index contributed by atoms with van der Waals surface area (Å²) in [5.74, 6) is 0. The molecule has 0 aliphatic heterocycles. The Balaban J connectivity index is 1.99. The maximum atomic E-state index is 9.56. The quantitative estimate of drug-likeness (QED) is 0.616. The van der Waals surface area contributed by atoms with Gasteiger partial charge in [0.25, 0.3) is 0 Å². The maximum Gasteiger partial charge on any atom is 0.0994 e. The minimum Gasteiger partial charge on any atom is -0.192 e. The van der Waals surface area contributed by atoms with Crippen LogP contribution in [0.1, 0.15) is 16.7 Å². The summed E-state index contributed by atoms with van der Waals surface area (Å²) in [6.45, 7) is 0. The lowest BCUT2D eigenvalue weighted by atomic mass is 9.82. The molecular formula is C21H15N. The molecule has 3 aromatic carbocycles. The summed E-state index contributed by atoms with van der Waals surface area (Å²) in [6, 6.07) is 25.5. The van der Waals surface area contributed by atoms with Crippen LogP contribution in [0.25, 0.3) is 22.3 Å². The largest absolute Gasteiger partial charge is 0.192 e. The van der Waals surface area contributed by atoms with E-state index in [1.54, 1.807) is 0 Å². The van der Waals surface area contributed by atoms with Crippen LogP contribution in [0.15, 0.2) is 66.7 Å². The number of aryl methyl sites for hydroxylation is 1. The van der Waals surface area contributed by atoms with Gasteiger partial charge in [0, 0.05) is 0 Å². The van der Waals surface area contributed by atoms with Crippen LogP contribution >= 0.6 is 0 Å². The Kier molecular flexibility index (Phi) is 3.02. The average Bonchev–Trinajstić information content (AvgIpc) is 2.61. The number of benzene rings is 3. The fourth-order valence-corrected chi connectivity index (χ4v) is 3.34. The van der Waals surface area contributed by atoms with Gasteiger partial charge in [0.1, 0.15) is 0 Å². The summed E-state index contributed by atoms with van der Waals surface area (Å²) in [4.78, 5) is 0. The van der Waals surface area contributed by atoms with Gasteiger partial charge in [-0.25, -0.2) is 0 Å². The standard InChI is InChI=1S/C21H15N/c22-14-18-12-17(15-6-2-1-3-7-15)13-21-19-9-5-4-8-16(19)10-11-20(18)21/h1-9,12-13H,10-11H2. The second-order valence-electron chi connectivity index (χ2n) is 5.68. The van der Waals surface area contributed by atoms with Gasteiger partial charge < -0.3 is 0 Å². The van der Waals surface area contributed by atoms with E-state index in [-0.39, 0.29) is 0 Å². The first-order chi connectivity index (χ1) is 10.9. The molecule has 0 amide bonds. The fraction of sp³-hybridized carbons (Fsp3) is 0.0952. The predicted octanol–water partition coefficient (Wildman–Crippen LogP) is 4.99. The second kappa shape index (κ2) is 5.16. The molecule has 4 rings (SSSR count). The highest BCUT2D eigenvalue weighted by Crippen LogP contribution is 2.38. The Morgan fingerprint density at radius 3 is 2.32 bits per heavy atom. The predicted molar refractivity (Wildman–Crippen MR) is 89.4 cm³/mol. The molecule has 22 heavy (non-hydrogen) atoms. The SMILES string of the molecule is N#Cc1cc(-c2ccccc2)cc2c1CCc1ccccc1-2. The van der Waals surface area contributed by atoms with E-state index in [1.165, 1.54) is 22.3 Å². The third-order valence-corrected chi connectivity index (χ3v) is 4.43. The molecule has 0 saturated carbocycles. The minimum atomic E-state index is 0.811. The molecule has 1 aliphatic rings. The molecular weight excluding hydrogens is 266 g/mol. The second-order valence-corrected chi connectivity index (χ2v) is 5.68. The van der Waals surface area contributed by atoms with Gasteiger partial charge in [0.05, 0.1) is 11.6 Å². The normalized spacial score (nSPS) is 12.1. The van der Waals surface area contributed by atoms with E-state index in [0.717, 1.165) is 29.5 Å². The average molecular weight is 281 g/mol. The molecule has 0 radical (unpaired) electrons. The Bertz CT molecular complexity index is 886. The van der Waals surface area contributed by atoms with Crippen molar-refractivity contribution in [2.24, 2.45) is 0 Å². The van der Waals surface area contributed by atoms with Crippen molar-refractivity contribution in [1.82, 2.24) is 0 Å². The lowest BCUT2D eigenvalue weighted by molar-refractivity contribution is 0.938. The van der Waals surface area contributed by atoms with Gasteiger partial charge in [0.15, 0.2) is 0 Å². The van der Waals surface area contributed by atoms with Gasteiger partial charge in [-0.15, -0.1) is 0 Å². The molecule has 1 nitrogen and oxygen atoms in total. The zero-order valence-electron chi connectivity index (χ0n) is 12.2. The van der Waals surface area contributed by atoms with Crippen molar-refractivity contribution in [2.45, 2.75) is 12.8 Å². The lowest BCUT2D eigenvalue weighted by Gasteiger charge is -2.22. The van der Waals surface area contributed by atoms with Crippen LogP contribution in [0.3, 0.4) is 0 Å². The molecule has 0 unspecified atom stereocenters. The molecule has 104 valence electrons. The Morgan fingerprint density at radius 2 is 1.50 bits per heavy atom. The summed E-state index contributed by atoms with van der Waals surface area (Å²) in [5.41, 5.74) is 8.16. The van der Waals surface area contributed by atoms with Crippen molar-refractivity contribution in [3.63, 3.8) is 0 Å². The highest BCUT2D eigenvalue weighted by Gasteiger charge is 2.19. The molecule has 0 saturated heterocycles. The molecule has 0 spiro atoms. The van der Waals surface area contributed by atoms with Crippen LogP contribution in [-0.4, -0.2) is 0 Å². The maximum absolute atomic E-state index is 9.56. The zero-order chi connectivity index (χ0) is 14.9. The molecule has 0 heterocycles. The first-order valence-corrected chi connectivity index (χ1v) is 7.57. The number of nitriles is 1. The summed E-state index contributed by atoms with van der Waals surface area (Å²) in [5, 5.41) is 9.56. The van der Waals surface area contributed by atoms with Gasteiger partial charge in [-0.2, -0.15) is 5.26 Å². The van der Waals surface area contributed by atoms with Crippen molar-refractivity contribution in [1.29, 1.82) is 5.26 Å². The van der Waals surface area contributed by atoms with Crippen LogP contribution in [0.5, 0.6) is 0 Å². The number of rotatable bonds is 1. The molecule has 0 atom stereocenters. The van der Waals surface area contributed by atoms with Crippen LogP contribution in [0.2, 0.25) is 0 Å². The van der Waals surface area contributed by atoms with E-state index in [2.05, 4.69) is 48.5 Å². The van der Waals surface area contributed by atoms with Gasteiger partial charge in [-0.3, -0.25) is 0 Å². The van der Waals surface area contributed by atoms with E-state index in [4.69, 9.17) is 0 Å². The summed E-state index contributed by atoms with van der Waals surface area (Å²) < 4.78 is 0. The Morgan fingerprint density at radius 1 is 0.727 bits per heavy atom. The van der Waals surface area contributed by atoms with Crippen molar-refractivity contribution >= 4 is 0 Å². The number of fused-ring (bicyclic) bond motifs is 3. The van der Waals surface area contributed by atoms with Gasteiger partial charge in [0.2, 0.25) is 0 Å². The van der Waals surface area contributed by atoms with Crippen molar-refractivity contribution in [3.8, 4) is 28.3 Å².